The van der Waals surface area contributed by atoms with E-state index in [4.69, 9.17) is 10.5 Å². The van der Waals surface area contributed by atoms with E-state index in [1.807, 2.05) is 25.1 Å². The molecule has 2 rings (SSSR count). The molecule has 22 heavy (non-hydrogen) atoms. The molecule has 0 bridgehead atoms. The normalized spacial score (nSPS) is 11.0. The molecule has 0 atom stereocenters. The molecule has 0 aromatic heterocycles. The molecule has 2 aromatic carbocycles. The third kappa shape index (κ3) is 4.39. The lowest BCUT2D eigenvalue weighted by Crippen LogP contribution is -2.14. The van der Waals surface area contributed by atoms with Crippen molar-refractivity contribution in [3.8, 4) is 16.9 Å². The van der Waals surface area contributed by atoms with Crippen LogP contribution in [0.2, 0.25) is 0 Å². The fraction of sp³-hybridized carbons (Fsp3) is 0.250. The van der Waals surface area contributed by atoms with Crippen LogP contribution in [-0.4, -0.2) is 13.2 Å². The number of rotatable bonds is 4. The van der Waals surface area contributed by atoms with Gasteiger partial charge in [-0.3, -0.25) is 0 Å². The highest BCUT2D eigenvalue weighted by atomic mass is 35.5. The van der Waals surface area contributed by atoms with E-state index >= 15 is 0 Å². The van der Waals surface area contributed by atoms with Crippen LogP contribution in [0.4, 0.5) is 13.2 Å². The van der Waals surface area contributed by atoms with E-state index in [9.17, 15) is 13.2 Å². The third-order valence-electron chi connectivity index (χ3n) is 3.01. The predicted octanol–water partition coefficient (Wildman–Crippen LogP) is 4.44. The molecule has 0 heterocycles. The standard InChI is InChI=1S/C16H16F3NO.ClH/c1-11-3-2-4-12(9-11)13-5-6-15(21-8-7-20)14(10-13)16(17,18)19;/h2-6,9-10H,7-8,20H2,1H3;1H. The summed E-state index contributed by atoms with van der Waals surface area (Å²) in [4.78, 5) is 0. The van der Waals surface area contributed by atoms with Gasteiger partial charge in [0, 0.05) is 6.54 Å². The van der Waals surface area contributed by atoms with Gasteiger partial charge in [-0.15, -0.1) is 12.4 Å². The van der Waals surface area contributed by atoms with Crippen LogP contribution in [0.25, 0.3) is 11.1 Å². The Hall–Kier alpha value is -1.72. The molecule has 6 heteroatoms. The molecule has 2 aromatic rings. The van der Waals surface area contributed by atoms with Gasteiger partial charge in [-0.1, -0.05) is 35.9 Å². The first-order valence-corrected chi connectivity index (χ1v) is 6.53. The minimum Gasteiger partial charge on any atom is -0.492 e. The smallest absolute Gasteiger partial charge is 0.419 e. The van der Waals surface area contributed by atoms with Crippen LogP contribution in [0.5, 0.6) is 5.75 Å². The number of halogens is 4. The summed E-state index contributed by atoms with van der Waals surface area (Å²) in [5.74, 6) is -0.190. The van der Waals surface area contributed by atoms with Gasteiger partial charge in [0.25, 0.3) is 0 Å². The lowest BCUT2D eigenvalue weighted by atomic mass is 10.0. The van der Waals surface area contributed by atoms with Gasteiger partial charge in [-0.05, 0) is 30.2 Å². The van der Waals surface area contributed by atoms with Gasteiger partial charge in [0.2, 0.25) is 0 Å². The molecule has 120 valence electrons. The number of aryl methyl sites for hydroxylation is 1. The lowest BCUT2D eigenvalue weighted by Gasteiger charge is -2.15. The fourth-order valence-electron chi connectivity index (χ4n) is 2.05. The Labute approximate surface area is 133 Å². The van der Waals surface area contributed by atoms with Crippen LogP contribution in [0.15, 0.2) is 42.5 Å². The topological polar surface area (TPSA) is 35.2 Å². The monoisotopic (exact) mass is 331 g/mol. The summed E-state index contributed by atoms with van der Waals surface area (Å²) in [5.41, 5.74) is 6.72. The number of benzene rings is 2. The maximum absolute atomic E-state index is 13.1. The SMILES string of the molecule is Cc1cccc(-c2ccc(OCCN)c(C(F)(F)F)c2)c1.Cl. The summed E-state index contributed by atoms with van der Waals surface area (Å²) in [5, 5.41) is 0. The van der Waals surface area contributed by atoms with E-state index < -0.39 is 11.7 Å². The number of alkyl halides is 3. The van der Waals surface area contributed by atoms with Crippen LogP contribution in [-0.2, 0) is 6.18 Å². The molecule has 0 saturated carbocycles. The molecule has 0 amide bonds. The second kappa shape index (κ2) is 7.51. The number of ether oxygens (including phenoxy) is 1. The molecule has 2 nitrogen and oxygen atoms in total. The van der Waals surface area contributed by atoms with E-state index in [1.54, 1.807) is 12.1 Å². The van der Waals surface area contributed by atoms with E-state index in [1.165, 1.54) is 6.07 Å². The largest absolute Gasteiger partial charge is 0.492 e. The highest BCUT2D eigenvalue weighted by Crippen LogP contribution is 2.38. The Bertz CT molecular complexity index is 629. The molecule has 0 unspecified atom stereocenters. The van der Waals surface area contributed by atoms with Crippen molar-refractivity contribution in [3.05, 3.63) is 53.6 Å². The van der Waals surface area contributed by atoms with Crippen molar-refractivity contribution in [1.29, 1.82) is 0 Å². The van der Waals surface area contributed by atoms with Gasteiger partial charge in [0.1, 0.15) is 12.4 Å². The van der Waals surface area contributed by atoms with Crippen LogP contribution < -0.4 is 10.5 Å². The molecule has 0 aliphatic rings. The zero-order valence-corrected chi connectivity index (χ0v) is 12.8. The zero-order chi connectivity index (χ0) is 15.5. The van der Waals surface area contributed by atoms with E-state index in [0.717, 1.165) is 17.2 Å². The molecular formula is C16H17ClF3NO. The average molecular weight is 332 g/mol. The molecule has 0 aliphatic heterocycles. The van der Waals surface area contributed by atoms with Crippen molar-refractivity contribution in [2.45, 2.75) is 13.1 Å². The molecule has 2 N–H and O–H groups in total. The number of nitrogens with two attached hydrogens (primary N) is 1. The maximum Gasteiger partial charge on any atom is 0.419 e. The van der Waals surface area contributed by atoms with Gasteiger partial charge in [0.05, 0.1) is 5.56 Å². The molecule has 0 saturated heterocycles. The Balaban J connectivity index is 0.00000242. The Morgan fingerprint density at radius 3 is 2.32 bits per heavy atom. The van der Waals surface area contributed by atoms with Gasteiger partial charge >= 0.3 is 6.18 Å². The predicted molar refractivity (Wildman–Crippen MR) is 83.4 cm³/mol. The van der Waals surface area contributed by atoms with Crippen molar-refractivity contribution >= 4 is 12.4 Å². The van der Waals surface area contributed by atoms with Gasteiger partial charge in [-0.2, -0.15) is 13.2 Å². The Morgan fingerprint density at radius 1 is 1.05 bits per heavy atom. The molecule has 0 aliphatic carbocycles. The second-order valence-electron chi connectivity index (χ2n) is 4.72. The van der Waals surface area contributed by atoms with Crippen LogP contribution >= 0.6 is 12.4 Å². The van der Waals surface area contributed by atoms with Crippen LogP contribution in [0.1, 0.15) is 11.1 Å². The zero-order valence-electron chi connectivity index (χ0n) is 12.0. The summed E-state index contributed by atoms with van der Waals surface area (Å²) in [6.45, 7) is 2.11. The first-order valence-electron chi connectivity index (χ1n) is 6.53. The maximum atomic E-state index is 13.1. The molecular weight excluding hydrogens is 315 g/mol. The summed E-state index contributed by atoms with van der Waals surface area (Å²) < 4.78 is 44.5. The van der Waals surface area contributed by atoms with Crippen molar-refractivity contribution in [1.82, 2.24) is 0 Å². The van der Waals surface area contributed by atoms with Crippen LogP contribution in [0, 0.1) is 6.92 Å². The minimum absolute atomic E-state index is 0. The quantitative estimate of drug-likeness (QED) is 0.899. The molecule has 0 radical (unpaired) electrons. The van der Waals surface area contributed by atoms with Gasteiger partial charge in [-0.25, -0.2) is 0 Å². The van der Waals surface area contributed by atoms with Gasteiger partial charge < -0.3 is 10.5 Å². The van der Waals surface area contributed by atoms with E-state index in [2.05, 4.69) is 0 Å². The number of hydrogen-bond acceptors (Lipinski definition) is 2. The first kappa shape index (κ1) is 18.3. The second-order valence-corrected chi connectivity index (χ2v) is 4.72. The highest BCUT2D eigenvalue weighted by Gasteiger charge is 2.34. The summed E-state index contributed by atoms with van der Waals surface area (Å²) in [6.07, 6.45) is -4.47. The van der Waals surface area contributed by atoms with E-state index in [-0.39, 0.29) is 31.3 Å². The van der Waals surface area contributed by atoms with Gasteiger partial charge in [0.15, 0.2) is 0 Å². The van der Waals surface area contributed by atoms with Crippen molar-refractivity contribution in [2.24, 2.45) is 5.73 Å². The van der Waals surface area contributed by atoms with Crippen molar-refractivity contribution in [2.75, 3.05) is 13.2 Å². The Morgan fingerprint density at radius 2 is 1.73 bits per heavy atom. The van der Waals surface area contributed by atoms with E-state index in [0.29, 0.717) is 5.56 Å². The van der Waals surface area contributed by atoms with Crippen molar-refractivity contribution in [3.63, 3.8) is 0 Å². The molecule has 0 fully saturated rings. The molecule has 0 spiro atoms. The van der Waals surface area contributed by atoms with Crippen LogP contribution in [0.3, 0.4) is 0 Å². The fourth-order valence-corrected chi connectivity index (χ4v) is 2.05. The Kier molecular flexibility index (Phi) is 6.26. The minimum atomic E-state index is -4.47. The first-order chi connectivity index (χ1) is 9.91. The summed E-state index contributed by atoms with van der Waals surface area (Å²) >= 11 is 0. The summed E-state index contributed by atoms with van der Waals surface area (Å²) in [7, 11) is 0. The highest BCUT2D eigenvalue weighted by molar-refractivity contribution is 5.85. The lowest BCUT2D eigenvalue weighted by molar-refractivity contribution is -0.138. The van der Waals surface area contributed by atoms with Crippen molar-refractivity contribution < 1.29 is 17.9 Å². The average Bonchev–Trinajstić information content (AvgIpc) is 2.44. The third-order valence-corrected chi connectivity index (χ3v) is 3.01. The summed E-state index contributed by atoms with van der Waals surface area (Å²) in [6, 6.07) is 11.4. The number of hydrogen-bond donors (Lipinski definition) is 1.